The molecule has 1 amide bonds. The number of aromatic nitrogens is 2. The predicted octanol–water partition coefficient (Wildman–Crippen LogP) is 3.27. The van der Waals surface area contributed by atoms with Crippen LogP contribution in [0.4, 0.5) is 0 Å². The van der Waals surface area contributed by atoms with Crippen molar-refractivity contribution in [1.29, 1.82) is 0 Å². The molecule has 0 unspecified atom stereocenters. The minimum Gasteiger partial charge on any atom is -0.443 e. The molecule has 6 nitrogen and oxygen atoms in total. The number of rotatable bonds is 3. The van der Waals surface area contributed by atoms with Crippen molar-refractivity contribution in [3.8, 4) is 11.8 Å². The summed E-state index contributed by atoms with van der Waals surface area (Å²) in [6.45, 7) is 8.83. The van der Waals surface area contributed by atoms with Crippen molar-refractivity contribution in [2.24, 2.45) is 0 Å². The molecule has 0 atom stereocenters. The van der Waals surface area contributed by atoms with E-state index in [2.05, 4.69) is 42.0 Å². The van der Waals surface area contributed by atoms with E-state index in [-0.39, 0.29) is 11.7 Å². The van der Waals surface area contributed by atoms with Crippen LogP contribution in [0.5, 0.6) is 0 Å². The highest BCUT2D eigenvalue weighted by Crippen LogP contribution is 2.29. The summed E-state index contributed by atoms with van der Waals surface area (Å²) in [5, 5.41) is 17.2. The average Bonchev–Trinajstić information content (AvgIpc) is 3.28. The molecule has 27 heavy (non-hydrogen) atoms. The fourth-order valence-corrected chi connectivity index (χ4v) is 3.14. The highest BCUT2D eigenvalue weighted by atomic mass is 16.4. The molecule has 1 aliphatic rings. The molecule has 0 aromatic carbocycles. The van der Waals surface area contributed by atoms with E-state index in [1.54, 1.807) is 26.0 Å². The Labute approximate surface area is 159 Å². The first-order valence-corrected chi connectivity index (χ1v) is 9.43. The predicted molar refractivity (Wildman–Crippen MR) is 102 cm³/mol. The maximum absolute atomic E-state index is 12.7. The van der Waals surface area contributed by atoms with Gasteiger partial charge in [0, 0.05) is 24.7 Å². The third-order valence-corrected chi connectivity index (χ3v) is 4.74. The molecule has 1 fully saturated rings. The first-order chi connectivity index (χ1) is 12.7. The van der Waals surface area contributed by atoms with Gasteiger partial charge in [-0.1, -0.05) is 19.8 Å². The highest BCUT2D eigenvalue weighted by Gasteiger charge is 2.27. The van der Waals surface area contributed by atoms with Crippen LogP contribution in [-0.2, 0) is 0 Å². The van der Waals surface area contributed by atoms with Gasteiger partial charge in [-0.25, -0.2) is 0 Å². The molecule has 3 heterocycles. The number of carbonyl (C=O) groups is 1. The van der Waals surface area contributed by atoms with E-state index in [9.17, 15) is 9.90 Å². The Morgan fingerprint density at radius 1 is 1.37 bits per heavy atom. The van der Waals surface area contributed by atoms with Crippen LogP contribution < -0.4 is 0 Å². The van der Waals surface area contributed by atoms with E-state index in [4.69, 9.17) is 4.42 Å². The standard InChI is InChI=1S/C21H27N3O3/c1-14(2)17-13-18(23-22-17)15-8-11-24(12-9-15)20(25)19-6-5-16(27-19)7-10-21(3,4)26/h5-6,13-15,26H,8-9,11-12H2,1-4H3,(H,22,23). The Hall–Kier alpha value is -2.52. The zero-order valence-electron chi connectivity index (χ0n) is 16.4. The van der Waals surface area contributed by atoms with E-state index in [0.717, 1.165) is 24.2 Å². The summed E-state index contributed by atoms with van der Waals surface area (Å²) in [6, 6.07) is 5.45. The molecule has 0 spiro atoms. The molecular weight excluding hydrogens is 342 g/mol. The van der Waals surface area contributed by atoms with Crippen molar-refractivity contribution in [1.82, 2.24) is 15.1 Å². The van der Waals surface area contributed by atoms with E-state index in [0.29, 0.717) is 30.7 Å². The number of nitrogens with one attached hydrogen (secondary N) is 1. The van der Waals surface area contributed by atoms with Crippen molar-refractivity contribution in [2.45, 2.75) is 58.0 Å². The van der Waals surface area contributed by atoms with Crippen LogP contribution in [0.25, 0.3) is 0 Å². The van der Waals surface area contributed by atoms with E-state index < -0.39 is 5.60 Å². The van der Waals surface area contributed by atoms with Gasteiger partial charge in [0.15, 0.2) is 11.5 Å². The van der Waals surface area contributed by atoms with Gasteiger partial charge in [-0.15, -0.1) is 0 Å². The Balaban J connectivity index is 1.60. The molecule has 2 aromatic rings. The lowest BCUT2D eigenvalue weighted by atomic mass is 9.93. The van der Waals surface area contributed by atoms with Crippen molar-refractivity contribution < 1.29 is 14.3 Å². The van der Waals surface area contributed by atoms with Crippen LogP contribution in [0.3, 0.4) is 0 Å². The van der Waals surface area contributed by atoms with Gasteiger partial charge in [-0.2, -0.15) is 5.10 Å². The number of hydrogen-bond donors (Lipinski definition) is 2. The first-order valence-electron chi connectivity index (χ1n) is 9.43. The molecule has 6 heteroatoms. The lowest BCUT2D eigenvalue weighted by molar-refractivity contribution is 0.0679. The fourth-order valence-electron chi connectivity index (χ4n) is 3.14. The van der Waals surface area contributed by atoms with Gasteiger partial charge >= 0.3 is 0 Å². The highest BCUT2D eigenvalue weighted by molar-refractivity contribution is 5.91. The van der Waals surface area contributed by atoms with Gasteiger partial charge < -0.3 is 14.4 Å². The van der Waals surface area contributed by atoms with Gasteiger partial charge in [-0.05, 0) is 56.7 Å². The Bertz CT molecular complexity index is 853. The maximum atomic E-state index is 12.7. The van der Waals surface area contributed by atoms with Crippen molar-refractivity contribution in [2.75, 3.05) is 13.1 Å². The van der Waals surface area contributed by atoms with E-state index in [1.807, 2.05) is 4.90 Å². The Morgan fingerprint density at radius 3 is 2.67 bits per heavy atom. The van der Waals surface area contributed by atoms with Gasteiger partial charge in [-0.3, -0.25) is 9.89 Å². The summed E-state index contributed by atoms with van der Waals surface area (Å²) < 4.78 is 5.54. The number of nitrogens with zero attached hydrogens (tertiary/aromatic N) is 2. The summed E-state index contributed by atoms with van der Waals surface area (Å²) in [4.78, 5) is 14.5. The lowest BCUT2D eigenvalue weighted by Gasteiger charge is -2.30. The quantitative estimate of drug-likeness (QED) is 0.814. The summed E-state index contributed by atoms with van der Waals surface area (Å²) in [5.74, 6) is 6.80. The molecule has 0 bridgehead atoms. The molecule has 3 rings (SSSR count). The van der Waals surface area contributed by atoms with Gasteiger partial charge in [0.05, 0.1) is 5.69 Å². The molecular formula is C21H27N3O3. The monoisotopic (exact) mass is 369 g/mol. The molecule has 0 saturated carbocycles. The topological polar surface area (TPSA) is 82.4 Å². The van der Waals surface area contributed by atoms with Crippen LogP contribution in [0, 0.1) is 11.8 Å². The first kappa shape index (κ1) is 19.2. The zero-order chi connectivity index (χ0) is 19.6. The van der Waals surface area contributed by atoms with Crippen molar-refractivity contribution >= 4 is 5.91 Å². The normalized spacial score (nSPS) is 15.7. The third kappa shape index (κ3) is 4.81. The van der Waals surface area contributed by atoms with Gasteiger partial charge in [0.2, 0.25) is 0 Å². The number of carbonyl (C=O) groups excluding carboxylic acids is 1. The van der Waals surface area contributed by atoms with Gasteiger partial charge in [0.25, 0.3) is 5.91 Å². The number of hydrogen-bond acceptors (Lipinski definition) is 4. The third-order valence-electron chi connectivity index (χ3n) is 4.74. The number of H-pyrrole nitrogens is 1. The van der Waals surface area contributed by atoms with Gasteiger partial charge in [0.1, 0.15) is 5.60 Å². The minimum absolute atomic E-state index is 0.114. The SMILES string of the molecule is CC(C)c1cc(C2CCN(C(=O)c3ccc(C#CC(C)(C)O)o3)CC2)[nH]n1. The molecule has 1 aliphatic heterocycles. The van der Waals surface area contributed by atoms with Crippen LogP contribution >= 0.6 is 0 Å². The second-order valence-electron chi connectivity index (χ2n) is 7.94. The van der Waals surface area contributed by atoms with Crippen molar-refractivity contribution in [3.63, 3.8) is 0 Å². The average molecular weight is 369 g/mol. The summed E-state index contributed by atoms with van der Waals surface area (Å²) >= 11 is 0. The van der Waals surface area contributed by atoms with Crippen LogP contribution in [0.15, 0.2) is 22.6 Å². The number of piperidine rings is 1. The fraction of sp³-hybridized carbons (Fsp3) is 0.524. The molecule has 2 N–H and O–H groups in total. The lowest BCUT2D eigenvalue weighted by Crippen LogP contribution is -2.37. The Morgan fingerprint density at radius 2 is 2.07 bits per heavy atom. The molecule has 2 aromatic heterocycles. The molecule has 1 saturated heterocycles. The van der Waals surface area contributed by atoms with E-state index in [1.165, 1.54) is 0 Å². The van der Waals surface area contributed by atoms with Crippen molar-refractivity contribution in [3.05, 3.63) is 41.1 Å². The largest absolute Gasteiger partial charge is 0.443 e. The smallest absolute Gasteiger partial charge is 0.289 e. The summed E-state index contributed by atoms with van der Waals surface area (Å²) in [6.07, 6.45) is 1.80. The zero-order valence-corrected chi connectivity index (χ0v) is 16.4. The number of amides is 1. The minimum atomic E-state index is -1.10. The Kier molecular flexibility index (Phi) is 5.43. The molecule has 0 aliphatic carbocycles. The number of likely N-dealkylation sites (tertiary alicyclic amines) is 1. The molecule has 0 radical (unpaired) electrons. The summed E-state index contributed by atoms with van der Waals surface area (Å²) in [7, 11) is 0. The van der Waals surface area contributed by atoms with Crippen LogP contribution in [-0.4, -0.2) is 44.8 Å². The second kappa shape index (κ2) is 7.61. The second-order valence-corrected chi connectivity index (χ2v) is 7.94. The van der Waals surface area contributed by atoms with E-state index >= 15 is 0 Å². The summed E-state index contributed by atoms with van der Waals surface area (Å²) in [5.41, 5.74) is 1.15. The number of furan rings is 1. The number of aliphatic hydroxyl groups is 1. The van der Waals surface area contributed by atoms with Crippen LogP contribution in [0.2, 0.25) is 0 Å². The number of aromatic amines is 1. The molecule has 144 valence electrons. The van der Waals surface area contributed by atoms with Crippen LogP contribution in [0.1, 0.15) is 80.1 Å². The maximum Gasteiger partial charge on any atom is 0.289 e.